The second kappa shape index (κ2) is 4.21. The fourth-order valence-electron chi connectivity index (χ4n) is 1.49. The van der Waals surface area contributed by atoms with Crippen molar-refractivity contribution >= 4 is 11.8 Å². The van der Waals surface area contributed by atoms with Crippen molar-refractivity contribution in [3.05, 3.63) is 24.3 Å². The molecule has 0 aliphatic carbocycles. The summed E-state index contributed by atoms with van der Waals surface area (Å²) in [6, 6.07) is 7.12. The Morgan fingerprint density at radius 2 is 2.21 bits per heavy atom. The van der Waals surface area contributed by atoms with E-state index in [0.717, 1.165) is 11.4 Å². The van der Waals surface area contributed by atoms with Crippen molar-refractivity contribution in [1.82, 2.24) is 5.32 Å². The normalized spacial score (nSPS) is 26.6. The Morgan fingerprint density at radius 1 is 1.36 bits per heavy atom. The first kappa shape index (κ1) is 9.83. The van der Waals surface area contributed by atoms with Gasteiger partial charge in [-0.1, -0.05) is 6.07 Å². The highest BCUT2D eigenvalue weighted by Crippen LogP contribution is 2.29. The van der Waals surface area contributed by atoms with Gasteiger partial charge in [-0.15, -0.1) is 11.8 Å². The van der Waals surface area contributed by atoms with Gasteiger partial charge in [0, 0.05) is 23.2 Å². The Balaban J connectivity index is 2.03. The van der Waals surface area contributed by atoms with Crippen LogP contribution in [0.5, 0.6) is 5.75 Å². The molecule has 0 aromatic heterocycles. The van der Waals surface area contributed by atoms with Crippen LogP contribution in [0, 0.1) is 0 Å². The summed E-state index contributed by atoms with van der Waals surface area (Å²) in [4.78, 5) is 0.998. The molecule has 1 aliphatic rings. The van der Waals surface area contributed by atoms with E-state index in [0.29, 0.717) is 6.54 Å². The van der Waals surface area contributed by atoms with Gasteiger partial charge < -0.3 is 15.5 Å². The highest BCUT2D eigenvalue weighted by atomic mass is 32.2. The molecule has 0 bridgehead atoms. The first-order valence-electron chi connectivity index (χ1n) is 4.60. The van der Waals surface area contributed by atoms with Crippen LogP contribution < -0.4 is 5.32 Å². The highest BCUT2D eigenvalue weighted by molar-refractivity contribution is 8.00. The molecule has 1 saturated heterocycles. The number of benzene rings is 1. The van der Waals surface area contributed by atoms with Crippen LogP contribution in [0.2, 0.25) is 0 Å². The minimum absolute atomic E-state index is 0.191. The van der Waals surface area contributed by atoms with Crippen molar-refractivity contribution in [2.24, 2.45) is 0 Å². The molecule has 14 heavy (non-hydrogen) atoms. The molecule has 0 amide bonds. The molecule has 2 rings (SSSR count). The zero-order chi connectivity index (χ0) is 9.97. The maximum absolute atomic E-state index is 9.57. The number of aromatic hydroxyl groups is 1. The van der Waals surface area contributed by atoms with E-state index in [1.165, 1.54) is 0 Å². The molecule has 0 saturated carbocycles. The van der Waals surface area contributed by atoms with E-state index in [9.17, 15) is 10.2 Å². The molecule has 0 unspecified atom stereocenters. The fraction of sp³-hybridized carbons (Fsp3) is 0.400. The number of hydrogen-bond donors (Lipinski definition) is 3. The van der Waals surface area contributed by atoms with E-state index in [4.69, 9.17) is 0 Å². The van der Waals surface area contributed by atoms with Crippen LogP contribution in [-0.4, -0.2) is 34.7 Å². The maximum Gasteiger partial charge on any atom is 0.116 e. The fourth-order valence-corrected chi connectivity index (χ4v) is 2.64. The van der Waals surface area contributed by atoms with Gasteiger partial charge in [0.1, 0.15) is 5.75 Å². The van der Waals surface area contributed by atoms with Gasteiger partial charge >= 0.3 is 0 Å². The molecule has 76 valence electrons. The summed E-state index contributed by atoms with van der Waals surface area (Å²) in [6.45, 7) is 1.48. The van der Waals surface area contributed by atoms with Crippen LogP contribution in [0.1, 0.15) is 0 Å². The van der Waals surface area contributed by atoms with Crippen LogP contribution in [0.3, 0.4) is 0 Å². The van der Waals surface area contributed by atoms with Crippen LogP contribution in [-0.2, 0) is 0 Å². The summed E-state index contributed by atoms with van der Waals surface area (Å²) >= 11 is 1.60. The summed E-state index contributed by atoms with van der Waals surface area (Å²) in [6.07, 6.45) is -0.289. The average Bonchev–Trinajstić information content (AvgIpc) is 2.52. The molecule has 1 aromatic carbocycles. The Morgan fingerprint density at radius 3 is 2.86 bits per heavy atom. The van der Waals surface area contributed by atoms with E-state index in [1.54, 1.807) is 23.9 Å². The molecular weight excluding hydrogens is 198 g/mol. The van der Waals surface area contributed by atoms with Crippen molar-refractivity contribution in [3.8, 4) is 5.75 Å². The van der Waals surface area contributed by atoms with E-state index in [1.807, 2.05) is 12.1 Å². The standard InChI is InChI=1S/C10H13NO2S/c12-7-2-1-3-8(4-7)14-10-6-11-5-9(10)13/h1-4,9-13H,5-6H2/t9-,10-/m1/s1. The van der Waals surface area contributed by atoms with Gasteiger partial charge in [0.25, 0.3) is 0 Å². The summed E-state index contributed by atoms with van der Waals surface area (Å²) < 4.78 is 0. The van der Waals surface area contributed by atoms with Gasteiger partial charge in [-0.25, -0.2) is 0 Å². The van der Waals surface area contributed by atoms with E-state index in [2.05, 4.69) is 5.32 Å². The Bertz CT molecular complexity index is 319. The smallest absolute Gasteiger partial charge is 0.116 e. The number of phenolic OH excluding ortho intramolecular Hbond substituents is 1. The lowest BCUT2D eigenvalue weighted by Gasteiger charge is -2.12. The number of phenols is 1. The lowest BCUT2D eigenvalue weighted by molar-refractivity contribution is 0.201. The third kappa shape index (κ3) is 2.20. The number of β-amino-alcohol motifs (C(OH)–C–C–N with tert-alkyl or cyclic N) is 1. The summed E-state index contributed by atoms with van der Waals surface area (Å²) in [5, 5.41) is 22.2. The van der Waals surface area contributed by atoms with Crippen LogP contribution >= 0.6 is 11.8 Å². The summed E-state index contributed by atoms with van der Waals surface area (Å²) in [5.74, 6) is 0.274. The predicted molar refractivity (Wildman–Crippen MR) is 56.6 cm³/mol. The molecule has 3 nitrogen and oxygen atoms in total. The van der Waals surface area contributed by atoms with Gasteiger partial charge in [-0.3, -0.25) is 0 Å². The van der Waals surface area contributed by atoms with Crippen LogP contribution in [0.25, 0.3) is 0 Å². The number of hydrogen-bond acceptors (Lipinski definition) is 4. The third-order valence-electron chi connectivity index (χ3n) is 2.23. The molecule has 1 heterocycles. The number of aliphatic hydroxyl groups excluding tert-OH is 1. The molecule has 1 aliphatic heterocycles. The largest absolute Gasteiger partial charge is 0.508 e. The predicted octanol–water partition coefficient (Wildman–Crippen LogP) is 0.817. The van der Waals surface area contributed by atoms with Gasteiger partial charge in [0.15, 0.2) is 0 Å². The average molecular weight is 211 g/mol. The first-order chi connectivity index (χ1) is 6.75. The molecule has 0 radical (unpaired) electrons. The molecule has 4 heteroatoms. The van der Waals surface area contributed by atoms with Crippen molar-refractivity contribution in [3.63, 3.8) is 0 Å². The summed E-state index contributed by atoms with van der Waals surface area (Å²) in [7, 11) is 0. The summed E-state index contributed by atoms with van der Waals surface area (Å²) in [5.41, 5.74) is 0. The number of thioether (sulfide) groups is 1. The van der Waals surface area contributed by atoms with E-state index < -0.39 is 0 Å². The lowest BCUT2D eigenvalue weighted by atomic mass is 10.3. The van der Waals surface area contributed by atoms with Crippen LogP contribution in [0.15, 0.2) is 29.2 Å². The topological polar surface area (TPSA) is 52.5 Å². The SMILES string of the molecule is Oc1cccc(S[C@@H]2CNC[C@H]2O)c1. The van der Waals surface area contributed by atoms with E-state index in [-0.39, 0.29) is 17.1 Å². The van der Waals surface area contributed by atoms with Crippen molar-refractivity contribution in [2.45, 2.75) is 16.2 Å². The molecule has 3 N–H and O–H groups in total. The Hall–Kier alpha value is -0.710. The second-order valence-corrected chi connectivity index (χ2v) is 4.69. The molecule has 2 atom stereocenters. The monoisotopic (exact) mass is 211 g/mol. The molecule has 1 aromatic rings. The molecule has 1 fully saturated rings. The highest BCUT2D eigenvalue weighted by Gasteiger charge is 2.25. The lowest BCUT2D eigenvalue weighted by Crippen LogP contribution is -2.19. The number of rotatable bonds is 2. The third-order valence-corrected chi connectivity index (χ3v) is 3.54. The zero-order valence-corrected chi connectivity index (χ0v) is 8.50. The van der Waals surface area contributed by atoms with Gasteiger partial charge in [-0.05, 0) is 18.2 Å². The van der Waals surface area contributed by atoms with Gasteiger partial charge in [0.05, 0.1) is 6.10 Å². The Kier molecular flexibility index (Phi) is 2.96. The van der Waals surface area contributed by atoms with Crippen molar-refractivity contribution < 1.29 is 10.2 Å². The quantitative estimate of drug-likeness (QED) is 0.678. The second-order valence-electron chi connectivity index (χ2n) is 3.38. The molecule has 0 spiro atoms. The van der Waals surface area contributed by atoms with Crippen molar-refractivity contribution in [2.75, 3.05) is 13.1 Å². The maximum atomic E-state index is 9.57. The number of nitrogens with one attached hydrogen (secondary N) is 1. The minimum atomic E-state index is -0.289. The Labute approximate surface area is 87.1 Å². The van der Waals surface area contributed by atoms with Crippen molar-refractivity contribution in [1.29, 1.82) is 0 Å². The number of aliphatic hydroxyl groups is 1. The molecular formula is C10H13NO2S. The van der Waals surface area contributed by atoms with Gasteiger partial charge in [0.2, 0.25) is 0 Å². The zero-order valence-electron chi connectivity index (χ0n) is 7.68. The van der Waals surface area contributed by atoms with Crippen LogP contribution in [0.4, 0.5) is 0 Å². The van der Waals surface area contributed by atoms with E-state index >= 15 is 0 Å². The van der Waals surface area contributed by atoms with Gasteiger partial charge in [-0.2, -0.15) is 0 Å². The minimum Gasteiger partial charge on any atom is -0.508 e. The first-order valence-corrected chi connectivity index (χ1v) is 5.48.